The molecule has 1 aromatic carbocycles. The predicted molar refractivity (Wildman–Crippen MR) is 65.7 cm³/mol. The summed E-state index contributed by atoms with van der Waals surface area (Å²) >= 11 is 0. The number of rotatable bonds is 5. The van der Waals surface area contributed by atoms with Crippen LogP contribution in [0.5, 0.6) is 0 Å². The van der Waals surface area contributed by atoms with E-state index < -0.39 is 11.8 Å². The molecule has 0 spiro atoms. The van der Waals surface area contributed by atoms with E-state index in [1.807, 2.05) is 0 Å². The molecule has 0 aliphatic carbocycles. The molecule has 2 N–H and O–H groups in total. The van der Waals surface area contributed by atoms with Crippen LogP contribution in [-0.4, -0.2) is 23.5 Å². The number of aromatic carboxylic acids is 1. The molecule has 0 fully saturated rings. The first-order valence-corrected chi connectivity index (χ1v) is 5.44. The van der Waals surface area contributed by atoms with E-state index in [1.54, 1.807) is 6.08 Å². The number of carbonyl (C=O) groups is 2. The summed E-state index contributed by atoms with van der Waals surface area (Å²) < 4.78 is 13.4. The summed E-state index contributed by atoms with van der Waals surface area (Å²) in [5.41, 5.74) is 0.260. The Kier molecular flexibility index (Phi) is 5.05. The van der Waals surface area contributed by atoms with Gasteiger partial charge in [-0.1, -0.05) is 12.2 Å². The lowest BCUT2D eigenvalue weighted by molar-refractivity contribution is -0.118. The zero-order valence-electron chi connectivity index (χ0n) is 9.94. The molecule has 96 valence electrons. The average Bonchev–Trinajstić information content (AvgIpc) is 2.30. The van der Waals surface area contributed by atoms with Gasteiger partial charge in [-0.05, 0) is 24.6 Å². The topological polar surface area (TPSA) is 66.4 Å². The van der Waals surface area contributed by atoms with Gasteiger partial charge >= 0.3 is 5.97 Å². The highest BCUT2D eigenvalue weighted by Gasteiger charge is 2.05. The molecular formula is C13H14FNO3. The smallest absolute Gasteiger partial charge is 0.335 e. The van der Waals surface area contributed by atoms with Crippen LogP contribution in [0.25, 0.3) is 6.08 Å². The molecule has 1 aromatic rings. The van der Waals surface area contributed by atoms with E-state index in [1.165, 1.54) is 25.1 Å². The number of amides is 1. The van der Waals surface area contributed by atoms with Crippen molar-refractivity contribution >= 4 is 18.0 Å². The number of carbonyl (C=O) groups excluding carboxylic acids is 1. The van der Waals surface area contributed by atoms with Crippen LogP contribution in [0.15, 0.2) is 24.3 Å². The van der Waals surface area contributed by atoms with Gasteiger partial charge in [0.05, 0.1) is 5.56 Å². The third-order valence-corrected chi connectivity index (χ3v) is 2.23. The summed E-state index contributed by atoms with van der Waals surface area (Å²) in [6.45, 7) is 1.88. The number of hydrogen-bond donors (Lipinski definition) is 2. The predicted octanol–water partition coefficient (Wildman–Crippen LogP) is 2.06. The van der Waals surface area contributed by atoms with Gasteiger partial charge in [0.2, 0.25) is 5.91 Å². The van der Waals surface area contributed by atoms with Crippen molar-refractivity contribution < 1.29 is 19.1 Å². The van der Waals surface area contributed by atoms with Crippen LogP contribution < -0.4 is 5.32 Å². The number of hydrogen-bond acceptors (Lipinski definition) is 2. The molecule has 0 bridgehead atoms. The fourth-order valence-electron chi connectivity index (χ4n) is 1.35. The number of benzene rings is 1. The second kappa shape index (κ2) is 6.54. The van der Waals surface area contributed by atoms with Crippen molar-refractivity contribution in [2.75, 3.05) is 6.54 Å². The van der Waals surface area contributed by atoms with E-state index in [9.17, 15) is 14.0 Å². The Balaban J connectivity index is 2.65. The molecule has 4 nitrogen and oxygen atoms in total. The van der Waals surface area contributed by atoms with Gasteiger partial charge in [0.25, 0.3) is 0 Å². The highest BCUT2D eigenvalue weighted by molar-refractivity contribution is 5.88. The molecule has 0 radical (unpaired) electrons. The summed E-state index contributed by atoms with van der Waals surface area (Å²) in [7, 11) is 0. The Morgan fingerprint density at radius 1 is 1.44 bits per heavy atom. The van der Waals surface area contributed by atoms with Gasteiger partial charge in [-0.25, -0.2) is 9.18 Å². The first kappa shape index (κ1) is 13.9. The van der Waals surface area contributed by atoms with Crippen LogP contribution in [0, 0.1) is 5.82 Å². The van der Waals surface area contributed by atoms with E-state index in [-0.39, 0.29) is 17.0 Å². The molecule has 0 aromatic heterocycles. The number of carboxylic acids is 1. The summed E-state index contributed by atoms with van der Waals surface area (Å²) in [6.07, 6.45) is 3.74. The SMILES string of the molecule is CC(=O)NCCC=Cc1cc(C(=O)O)ccc1F. The molecule has 0 heterocycles. The molecule has 0 saturated carbocycles. The van der Waals surface area contributed by atoms with Crippen molar-refractivity contribution in [2.24, 2.45) is 0 Å². The molecule has 1 rings (SSSR count). The van der Waals surface area contributed by atoms with Crippen molar-refractivity contribution in [3.05, 3.63) is 41.2 Å². The molecule has 18 heavy (non-hydrogen) atoms. The molecule has 1 amide bonds. The van der Waals surface area contributed by atoms with E-state index >= 15 is 0 Å². The number of nitrogens with one attached hydrogen (secondary N) is 1. The molecule has 0 aliphatic heterocycles. The van der Waals surface area contributed by atoms with E-state index in [2.05, 4.69) is 5.32 Å². The van der Waals surface area contributed by atoms with Crippen molar-refractivity contribution in [1.82, 2.24) is 5.32 Å². The summed E-state index contributed by atoms with van der Waals surface area (Å²) in [6, 6.07) is 3.61. The Hall–Kier alpha value is -2.17. The van der Waals surface area contributed by atoms with Crippen LogP contribution >= 0.6 is 0 Å². The van der Waals surface area contributed by atoms with Gasteiger partial charge in [-0.3, -0.25) is 4.79 Å². The molecule has 0 aliphatic rings. The molecule has 0 atom stereocenters. The van der Waals surface area contributed by atoms with Crippen molar-refractivity contribution in [3.63, 3.8) is 0 Å². The highest BCUT2D eigenvalue weighted by atomic mass is 19.1. The minimum atomic E-state index is -1.09. The lowest BCUT2D eigenvalue weighted by Gasteiger charge is -2.00. The van der Waals surface area contributed by atoms with Gasteiger partial charge in [0, 0.05) is 19.0 Å². The van der Waals surface area contributed by atoms with Gasteiger partial charge < -0.3 is 10.4 Å². The van der Waals surface area contributed by atoms with Crippen molar-refractivity contribution in [2.45, 2.75) is 13.3 Å². The third-order valence-electron chi connectivity index (χ3n) is 2.23. The van der Waals surface area contributed by atoms with Gasteiger partial charge in [-0.15, -0.1) is 0 Å². The Labute approximate surface area is 104 Å². The maximum absolute atomic E-state index is 13.4. The van der Waals surface area contributed by atoms with Gasteiger partial charge in [-0.2, -0.15) is 0 Å². The Morgan fingerprint density at radius 2 is 2.17 bits per heavy atom. The fraction of sp³-hybridized carbons (Fsp3) is 0.231. The lowest BCUT2D eigenvalue weighted by atomic mass is 10.1. The second-order valence-corrected chi connectivity index (χ2v) is 3.72. The van der Waals surface area contributed by atoms with Crippen LogP contribution in [0.3, 0.4) is 0 Å². The maximum atomic E-state index is 13.4. The molecule has 0 saturated heterocycles. The first-order valence-electron chi connectivity index (χ1n) is 5.44. The van der Waals surface area contributed by atoms with E-state index in [0.717, 1.165) is 6.07 Å². The normalized spacial score (nSPS) is 10.6. The standard InChI is InChI=1S/C13H14FNO3/c1-9(16)15-7-3-2-4-10-8-11(13(17)18)5-6-12(10)14/h2,4-6,8H,3,7H2,1H3,(H,15,16)(H,17,18). The second-order valence-electron chi connectivity index (χ2n) is 3.72. The number of halogens is 1. The van der Waals surface area contributed by atoms with Crippen LogP contribution in [0.1, 0.15) is 29.3 Å². The minimum Gasteiger partial charge on any atom is -0.478 e. The Bertz CT molecular complexity index is 483. The fourth-order valence-corrected chi connectivity index (χ4v) is 1.35. The highest BCUT2D eigenvalue weighted by Crippen LogP contribution is 2.12. The van der Waals surface area contributed by atoms with Crippen LogP contribution in [-0.2, 0) is 4.79 Å². The minimum absolute atomic E-state index is 0.0397. The first-order chi connectivity index (χ1) is 8.50. The third kappa shape index (κ3) is 4.37. The summed E-state index contributed by atoms with van der Waals surface area (Å²) in [4.78, 5) is 21.3. The van der Waals surface area contributed by atoms with E-state index in [0.29, 0.717) is 13.0 Å². The zero-order chi connectivity index (χ0) is 13.5. The maximum Gasteiger partial charge on any atom is 0.335 e. The number of carboxylic acid groups (broad SMARTS) is 1. The van der Waals surface area contributed by atoms with Crippen LogP contribution in [0.4, 0.5) is 4.39 Å². The largest absolute Gasteiger partial charge is 0.478 e. The van der Waals surface area contributed by atoms with Crippen molar-refractivity contribution in [1.29, 1.82) is 0 Å². The molecule has 5 heteroatoms. The van der Waals surface area contributed by atoms with Gasteiger partial charge in [0.1, 0.15) is 5.82 Å². The lowest BCUT2D eigenvalue weighted by Crippen LogP contribution is -2.20. The monoisotopic (exact) mass is 251 g/mol. The zero-order valence-corrected chi connectivity index (χ0v) is 9.94. The average molecular weight is 251 g/mol. The van der Waals surface area contributed by atoms with Crippen LogP contribution in [0.2, 0.25) is 0 Å². The molecule has 0 unspecified atom stereocenters. The van der Waals surface area contributed by atoms with Crippen molar-refractivity contribution in [3.8, 4) is 0 Å². The summed E-state index contributed by atoms with van der Waals surface area (Å²) in [5.74, 6) is -1.69. The summed E-state index contributed by atoms with van der Waals surface area (Å²) in [5, 5.41) is 11.4. The quantitative estimate of drug-likeness (QED) is 0.787. The van der Waals surface area contributed by atoms with Gasteiger partial charge in [0.15, 0.2) is 0 Å². The Morgan fingerprint density at radius 3 is 2.78 bits per heavy atom. The van der Waals surface area contributed by atoms with E-state index in [4.69, 9.17) is 5.11 Å². The molecular weight excluding hydrogens is 237 g/mol.